The molecule has 0 bridgehead atoms. The second-order valence-corrected chi connectivity index (χ2v) is 6.09. The average molecular weight is 341 g/mol. The number of rotatable bonds is 3. The molecule has 0 radical (unpaired) electrons. The molecular weight excluding hydrogens is 326 g/mol. The number of carboxylic acids is 1. The Hall–Kier alpha value is -1.95. The summed E-state index contributed by atoms with van der Waals surface area (Å²) >= 11 is 6.02. The first-order valence-electron chi connectivity index (χ1n) is 7.32. The van der Waals surface area contributed by atoms with E-state index in [0.29, 0.717) is 47.5 Å². The number of aromatic nitrogens is 1. The quantitative estimate of drug-likeness (QED) is 0.913. The average Bonchev–Trinajstić information content (AvgIpc) is 2.53. The molecule has 1 unspecified atom stereocenters. The largest absolute Gasteiger partial charge is 0.481 e. The summed E-state index contributed by atoms with van der Waals surface area (Å²) in [5.41, 5.74) is 0.686. The summed E-state index contributed by atoms with van der Waals surface area (Å²) < 4.78 is 26.3. The molecule has 0 saturated carbocycles. The Balaban J connectivity index is 2.10. The van der Waals surface area contributed by atoms with Crippen LogP contribution in [0.5, 0.6) is 0 Å². The van der Waals surface area contributed by atoms with Crippen molar-refractivity contribution in [3.05, 3.63) is 35.0 Å². The van der Waals surface area contributed by atoms with E-state index in [2.05, 4.69) is 4.98 Å². The van der Waals surface area contributed by atoms with Gasteiger partial charge in [0, 0.05) is 29.2 Å². The summed E-state index contributed by atoms with van der Waals surface area (Å²) in [5.74, 6) is -1.36. The maximum atomic E-state index is 13.1. The number of hydrogen-bond acceptors (Lipinski definition) is 3. The standard InChI is InChI=1S/C16H15ClF2N2O2/c17-10-3-4-12-11(6-10)14(7-13(20-12)15(18)19)21-5-1-2-9(8-21)16(22)23/h3-4,6-7,9,15H,1-2,5,8H2,(H,22,23). The van der Waals surface area contributed by atoms with Crippen molar-refractivity contribution in [2.75, 3.05) is 18.0 Å². The van der Waals surface area contributed by atoms with Crippen LogP contribution < -0.4 is 4.90 Å². The third kappa shape index (κ3) is 3.22. The van der Waals surface area contributed by atoms with Gasteiger partial charge in [0.2, 0.25) is 0 Å². The molecule has 3 rings (SSSR count). The van der Waals surface area contributed by atoms with Crippen molar-refractivity contribution < 1.29 is 18.7 Å². The summed E-state index contributed by atoms with van der Waals surface area (Å²) in [5, 5.41) is 10.4. The van der Waals surface area contributed by atoms with E-state index in [1.54, 1.807) is 18.2 Å². The first-order chi connectivity index (χ1) is 11.0. The van der Waals surface area contributed by atoms with Crippen molar-refractivity contribution in [3.8, 4) is 0 Å². The molecule has 122 valence electrons. The second-order valence-electron chi connectivity index (χ2n) is 5.65. The number of piperidine rings is 1. The minimum atomic E-state index is -2.69. The number of hydrogen-bond donors (Lipinski definition) is 1. The zero-order valence-corrected chi connectivity index (χ0v) is 12.9. The van der Waals surface area contributed by atoms with Crippen molar-refractivity contribution in [3.63, 3.8) is 0 Å². The Morgan fingerprint density at radius 3 is 2.87 bits per heavy atom. The summed E-state index contributed by atoms with van der Waals surface area (Å²) in [4.78, 5) is 17.1. The SMILES string of the molecule is O=C(O)C1CCCN(c2cc(C(F)F)nc3ccc(Cl)cc23)C1. The van der Waals surface area contributed by atoms with E-state index >= 15 is 0 Å². The van der Waals surface area contributed by atoms with Gasteiger partial charge in [-0.2, -0.15) is 0 Å². The molecule has 7 heteroatoms. The van der Waals surface area contributed by atoms with E-state index in [4.69, 9.17) is 11.6 Å². The number of benzene rings is 1. The van der Waals surface area contributed by atoms with E-state index in [9.17, 15) is 18.7 Å². The Morgan fingerprint density at radius 1 is 1.39 bits per heavy atom. The van der Waals surface area contributed by atoms with Gasteiger partial charge >= 0.3 is 5.97 Å². The number of pyridine rings is 1. The van der Waals surface area contributed by atoms with Gasteiger partial charge in [0.25, 0.3) is 6.43 Å². The number of halogens is 3. The molecule has 1 N–H and O–H groups in total. The van der Waals surface area contributed by atoms with Crippen LogP contribution >= 0.6 is 11.6 Å². The number of carboxylic acid groups (broad SMARTS) is 1. The molecule has 1 aromatic heterocycles. The Morgan fingerprint density at radius 2 is 2.17 bits per heavy atom. The zero-order chi connectivity index (χ0) is 16.6. The van der Waals surface area contributed by atoms with E-state index in [1.165, 1.54) is 6.07 Å². The molecule has 2 heterocycles. The summed E-state index contributed by atoms with van der Waals surface area (Å²) in [6.07, 6.45) is -1.39. The predicted molar refractivity (Wildman–Crippen MR) is 84.3 cm³/mol. The maximum absolute atomic E-state index is 13.1. The molecule has 23 heavy (non-hydrogen) atoms. The van der Waals surface area contributed by atoms with Gasteiger partial charge in [-0.15, -0.1) is 0 Å². The topological polar surface area (TPSA) is 53.4 Å². The van der Waals surface area contributed by atoms with E-state index in [1.807, 2.05) is 4.90 Å². The van der Waals surface area contributed by atoms with Crippen molar-refractivity contribution in [2.45, 2.75) is 19.3 Å². The lowest BCUT2D eigenvalue weighted by molar-refractivity contribution is -0.141. The maximum Gasteiger partial charge on any atom is 0.308 e. The first-order valence-corrected chi connectivity index (χ1v) is 7.69. The normalized spacial score (nSPS) is 18.6. The van der Waals surface area contributed by atoms with Gasteiger partial charge in [0.05, 0.1) is 11.4 Å². The highest BCUT2D eigenvalue weighted by molar-refractivity contribution is 6.31. The number of aliphatic carboxylic acids is 1. The lowest BCUT2D eigenvalue weighted by Gasteiger charge is -2.33. The molecule has 1 aliphatic heterocycles. The molecule has 1 aromatic carbocycles. The fourth-order valence-electron chi connectivity index (χ4n) is 2.97. The number of carbonyl (C=O) groups is 1. The minimum Gasteiger partial charge on any atom is -0.481 e. The number of alkyl halides is 2. The summed E-state index contributed by atoms with van der Waals surface area (Å²) in [6.45, 7) is 0.918. The number of fused-ring (bicyclic) bond motifs is 1. The molecule has 0 aliphatic carbocycles. The second kappa shape index (κ2) is 6.28. The Kier molecular flexibility index (Phi) is 4.35. The summed E-state index contributed by atoms with van der Waals surface area (Å²) in [7, 11) is 0. The van der Waals surface area contributed by atoms with Crippen LogP contribution in [-0.2, 0) is 4.79 Å². The minimum absolute atomic E-state index is 0.295. The van der Waals surface area contributed by atoms with Crippen molar-refractivity contribution in [1.29, 1.82) is 0 Å². The molecule has 0 amide bonds. The van der Waals surface area contributed by atoms with Crippen LogP contribution in [-0.4, -0.2) is 29.1 Å². The molecule has 2 aromatic rings. The first kappa shape index (κ1) is 15.9. The van der Waals surface area contributed by atoms with Crippen LogP contribution in [0.25, 0.3) is 10.9 Å². The van der Waals surface area contributed by atoms with Crippen LogP contribution in [0, 0.1) is 5.92 Å². The van der Waals surface area contributed by atoms with Gasteiger partial charge in [-0.05, 0) is 37.1 Å². The van der Waals surface area contributed by atoms with Gasteiger partial charge < -0.3 is 10.0 Å². The fraction of sp³-hybridized carbons (Fsp3) is 0.375. The van der Waals surface area contributed by atoms with Gasteiger partial charge in [0.15, 0.2) is 0 Å². The molecule has 1 atom stereocenters. The fourth-order valence-corrected chi connectivity index (χ4v) is 3.14. The molecular formula is C16H15ClF2N2O2. The molecule has 1 saturated heterocycles. The van der Waals surface area contributed by atoms with Gasteiger partial charge in [-0.25, -0.2) is 13.8 Å². The van der Waals surface area contributed by atoms with E-state index in [-0.39, 0.29) is 5.69 Å². The molecule has 1 fully saturated rings. The lowest BCUT2D eigenvalue weighted by Crippen LogP contribution is -2.38. The van der Waals surface area contributed by atoms with Crippen LogP contribution in [0.1, 0.15) is 25.0 Å². The summed E-state index contributed by atoms with van der Waals surface area (Å²) in [6, 6.07) is 6.23. The smallest absolute Gasteiger partial charge is 0.308 e. The van der Waals surface area contributed by atoms with Crippen molar-refractivity contribution in [1.82, 2.24) is 4.98 Å². The highest BCUT2D eigenvalue weighted by atomic mass is 35.5. The molecule has 1 aliphatic rings. The molecule has 4 nitrogen and oxygen atoms in total. The van der Waals surface area contributed by atoms with Crippen molar-refractivity contribution >= 4 is 34.2 Å². The third-order valence-electron chi connectivity index (χ3n) is 4.10. The van der Waals surface area contributed by atoms with Gasteiger partial charge in [0.1, 0.15) is 5.69 Å². The van der Waals surface area contributed by atoms with Crippen molar-refractivity contribution in [2.24, 2.45) is 5.92 Å². The lowest BCUT2D eigenvalue weighted by atomic mass is 9.97. The van der Waals surface area contributed by atoms with E-state index < -0.39 is 18.3 Å². The zero-order valence-electron chi connectivity index (χ0n) is 12.2. The predicted octanol–water partition coefficient (Wildman–Crippen LogP) is 4.13. The van der Waals surface area contributed by atoms with Crippen LogP contribution in [0.2, 0.25) is 5.02 Å². The van der Waals surface area contributed by atoms with Crippen LogP contribution in [0.4, 0.5) is 14.5 Å². The highest BCUT2D eigenvalue weighted by Gasteiger charge is 2.27. The Labute approximate surface area is 136 Å². The monoisotopic (exact) mass is 340 g/mol. The molecule has 0 spiro atoms. The number of anilines is 1. The van der Waals surface area contributed by atoms with Crippen LogP contribution in [0.15, 0.2) is 24.3 Å². The van der Waals surface area contributed by atoms with E-state index in [0.717, 1.165) is 0 Å². The number of nitrogens with zero attached hydrogens (tertiary/aromatic N) is 2. The third-order valence-corrected chi connectivity index (χ3v) is 4.34. The van der Waals surface area contributed by atoms with Gasteiger partial charge in [-0.1, -0.05) is 11.6 Å². The Bertz CT molecular complexity index is 754. The highest BCUT2D eigenvalue weighted by Crippen LogP contribution is 2.34. The van der Waals surface area contributed by atoms with Gasteiger partial charge in [-0.3, -0.25) is 4.79 Å². The van der Waals surface area contributed by atoms with Crippen LogP contribution in [0.3, 0.4) is 0 Å².